The van der Waals surface area contributed by atoms with E-state index in [9.17, 15) is 9.59 Å². The van der Waals surface area contributed by atoms with E-state index in [1.807, 2.05) is 6.07 Å². The summed E-state index contributed by atoms with van der Waals surface area (Å²) < 4.78 is 0. The second-order valence-electron chi connectivity index (χ2n) is 5.89. The summed E-state index contributed by atoms with van der Waals surface area (Å²) in [6.07, 6.45) is 4.88. The van der Waals surface area contributed by atoms with Crippen LogP contribution in [0.1, 0.15) is 17.0 Å². The molecule has 9 heteroatoms. The Morgan fingerprint density at radius 1 is 1.15 bits per heavy atom. The number of aromatic nitrogens is 2. The molecule has 0 aliphatic rings. The molecule has 3 N–H and O–H groups in total. The molecule has 1 heterocycles. The van der Waals surface area contributed by atoms with E-state index in [4.69, 9.17) is 28.9 Å². The predicted octanol–water partition coefficient (Wildman–Crippen LogP) is 1.88. The number of nitrogens with one attached hydrogen (secondary N) is 1. The molecule has 142 valence electrons. The average molecular weight is 408 g/mol. The highest BCUT2D eigenvalue weighted by atomic mass is 35.5. The van der Waals surface area contributed by atoms with E-state index in [-0.39, 0.29) is 23.8 Å². The Bertz CT molecular complexity index is 867. The molecule has 0 radical (unpaired) electrons. The monoisotopic (exact) mass is 407 g/mol. The van der Waals surface area contributed by atoms with Gasteiger partial charge in [0.2, 0.25) is 5.91 Å². The summed E-state index contributed by atoms with van der Waals surface area (Å²) in [6, 6.07) is 5.36. The zero-order valence-electron chi connectivity index (χ0n) is 14.9. The lowest BCUT2D eigenvalue weighted by atomic mass is 10.1. The van der Waals surface area contributed by atoms with Crippen LogP contribution in [0.3, 0.4) is 0 Å². The van der Waals surface area contributed by atoms with Crippen LogP contribution < -0.4 is 11.1 Å². The summed E-state index contributed by atoms with van der Waals surface area (Å²) in [6.45, 7) is -0.140. The number of nitrogens with two attached hydrogens (primary N) is 1. The molecule has 0 saturated heterocycles. The lowest BCUT2D eigenvalue weighted by molar-refractivity contribution is -0.129. The minimum Gasteiger partial charge on any atom is -0.404 e. The predicted molar refractivity (Wildman–Crippen MR) is 105 cm³/mol. The van der Waals surface area contributed by atoms with Crippen molar-refractivity contribution in [2.45, 2.75) is 6.42 Å². The minimum absolute atomic E-state index is 0.0858. The van der Waals surface area contributed by atoms with Gasteiger partial charge in [-0.05, 0) is 23.3 Å². The average Bonchev–Trinajstić information content (AvgIpc) is 2.64. The first-order chi connectivity index (χ1) is 12.8. The van der Waals surface area contributed by atoms with Gasteiger partial charge in [-0.1, -0.05) is 29.3 Å². The largest absolute Gasteiger partial charge is 0.404 e. The summed E-state index contributed by atoms with van der Waals surface area (Å²) in [5.74, 6) is -0.590. The molecule has 0 aliphatic carbocycles. The summed E-state index contributed by atoms with van der Waals surface area (Å²) >= 11 is 11.9. The molecule has 0 atom stereocenters. The van der Waals surface area contributed by atoms with Crippen molar-refractivity contribution in [1.82, 2.24) is 20.2 Å². The van der Waals surface area contributed by atoms with E-state index < -0.39 is 5.91 Å². The molecular formula is C18H19Cl2N5O2. The number of hydrogen-bond acceptors (Lipinski definition) is 5. The molecule has 0 bridgehead atoms. The highest BCUT2D eigenvalue weighted by Gasteiger charge is 2.16. The quantitative estimate of drug-likeness (QED) is 0.711. The number of hydrogen-bond donors (Lipinski definition) is 2. The summed E-state index contributed by atoms with van der Waals surface area (Å²) in [5.41, 5.74) is 7.41. The van der Waals surface area contributed by atoms with Crippen LogP contribution in [0.2, 0.25) is 10.0 Å². The maximum absolute atomic E-state index is 12.2. The van der Waals surface area contributed by atoms with Crippen molar-refractivity contribution in [3.63, 3.8) is 0 Å². The fourth-order valence-corrected chi connectivity index (χ4v) is 2.45. The maximum Gasteiger partial charge on any atom is 0.257 e. The first-order valence-electron chi connectivity index (χ1n) is 7.97. The molecule has 0 spiro atoms. The van der Waals surface area contributed by atoms with Gasteiger partial charge in [0.1, 0.15) is 0 Å². The van der Waals surface area contributed by atoms with E-state index in [0.717, 1.165) is 17.3 Å². The van der Waals surface area contributed by atoms with E-state index >= 15 is 0 Å². The smallest absolute Gasteiger partial charge is 0.257 e. The van der Waals surface area contributed by atoms with E-state index in [1.165, 1.54) is 4.90 Å². The van der Waals surface area contributed by atoms with Crippen molar-refractivity contribution < 1.29 is 9.59 Å². The number of benzene rings is 1. The van der Waals surface area contributed by atoms with Gasteiger partial charge in [0.25, 0.3) is 5.91 Å². The first kappa shape index (κ1) is 20.7. The number of carbonyl (C=O) groups excluding carboxylic acids is 2. The van der Waals surface area contributed by atoms with Crippen molar-refractivity contribution in [1.29, 1.82) is 0 Å². The van der Waals surface area contributed by atoms with E-state index in [1.54, 1.807) is 38.6 Å². The van der Waals surface area contributed by atoms with Crippen LogP contribution in [-0.2, 0) is 16.0 Å². The van der Waals surface area contributed by atoms with Crippen molar-refractivity contribution in [2.75, 3.05) is 20.6 Å². The lowest BCUT2D eigenvalue weighted by Gasteiger charge is -2.12. The van der Waals surface area contributed by atoms with Gasteiger partial charge < -0.3 is 16.0 Å². The number of nitrogens with zero attached hydrogens (tertiary/aromatic N) is 3. The zero-order valence-corrected chi connectivity index (χ0v) is 16.4. The highest BCUT2D eigenvalue weighted by molar-refractivity contribution is 6.42. The Labute approximate surface area is 167 Å². The minimum atomic E-state index is -0.523. The number of likely N-dealkylation sites (N-methyl/N-ethyl adjacent to an activating group) is 1. The van der Waals surface area contributed by atoms with Gasteiger partial charge >= 0.3 is 0 Å². The number of carbonyl (C=O) groups is 2. The third-order valence-electron chi connectivity index (χ3n) is 3.65. The van der Waals surface area contributed by atoms with Crippen LogP contribution in [0.15, 0.2) is 36.8 Å². The first-order valence-corrected chi connectivity index (χ1v) is 8.73. The Balaban J connectivity index is 2.06. The van der Waals surface area contributed by atoms with Crippen LogP contribution in [0.4, 0.5) is 0 Å². The van der Waals surface area contributed by atoms with Gasteiger partial charge in [0.05, 0.1) is 22.2 Å². The van der Waals surface area contributed by atoms with Crippen molar-refractivity contribution in [3.05, 3.63) is 63.8 Å². The van der Waals surface area contributed by atoms with Gasteiger partial charge in [0, 0.05) is 39.1 Å². The Kier molecular flexibility index (Phi) is 7.15. The van der Waals surface area contributed by atoms with Crippen molar-refractivity contribution in [2.24, 2.45) is 5.73 Å². The normalized spacial score (nSPS) is 11.2. The molecule has 0 fully saturated rings. The highest BCUT2D eigenvalue weighted by Crippen LogP contribution is 2.23. The summed E-state index contributed by atoms with van der Waals surface area (Å²) in [7, 11) is 3.20. The molecule has 2 amide bonds. The molecule has 1 aromatic heterocycles. The van der Waals surface area contributed by atoms with Gasteiger partial charge in [0.15, 0.2) is 5.82 Å². The van der Waals surface area contributed by atoms with E-state index in [0.29, 0.717) is 16.5 Å². The third-order valence-corrected chi connectivity index (χ3v) is 4.39. The van der Waals surface area contributed by atoms with Gasteiger partial charge in [-0.15, -0.1) is 0 Å². The molecule has 0 unspecified atom stereocenters. The van der Waals surface area contributed by atoms with Gasteiger partial charge in [-0.2, -0.15) is 0 Å². The fraction of sp³-hybridized carbons (Fsp3) is 0.222. The number of halogens is 2. The van der Waals surface area contributed by atoms with Crippen LogP contribution in [0, 0.1) is 0 Å². The number of amides is 2. The van der Waals surface area contributed by atoms with Crippen LogP contribution in [0.25, 0.3) is 5.57 Å². The van der Waals surface area contributed by atoms with Gasteiger partial charge in [-0.25, -0.2) is 9.97 Å². The standard InChI is InChI=1S/C18H19Cl2N5O2/c1-25(2)16(26)10-24-18(27)13(7-21)17-22-8-12(9-23-17)5-11-3-4-14(19)15(20)6-11/h3-4,6-9H,5,10,21H2,1-2H3,(H,24,27)/b13-7+. The second kappa shape index (κ2) is 9.34. The van der Waals surface area contributed by atoms with E-state index in [2.05, 4.69) is 15.3 Å². The van der Waals surface area contributed by atoms with Crippen LogP contribution >= 0.6 is 23.2 Å². The molecule has 0 aliphatic heterocycles. The third kappa shape index (κ3) is 5.67. The fourth-order valence-electron chi connectivity index (χ4n) is 2.13. The van der Waals surface area contributed by atoms with Crippen LogP contribution in [-0.4, -0.2) is 47.3 Å². The molecule has 2 rings (SSSR count). The SMILES string of the molecule is CN(C)C(=O)CNC(=O)/C(=C/N)c1ncc(Cc2ccc(Cl)c(Cl)c2)cn1. The Hall–Kier alpha value is -2.64. The summed E-state index contributed by atoms with van der Waals surface area (Å²) in [5, 5.41) is 3.46. The Morgan fingerprint density at radius 2 is 1.81 bits per heavy atom. The van der Waals surface area contributed by atoms with Crippen molar-refractivity contribution >= 4 is 40.6 Å². The number of rotatable bonds is 6. The second-order valence-corrected chi connectivity index (χ2v) is 6.71. The molecular weight excluding hydrogens is 389 g/mol. The molecule has 1 aromatic carbocycles. The molecule has 7 nitrogen and oxygen atoms in total. The maximum atomic E-state index is 12.2. The lowest BCUT2D eigenvalue weighted by Crippen LogP contribution is -2.36. The molecule has 0 saturated carbocycles. The molecule has 2 aromatic rings. The Morgan fingerprint density at radius 3 is 2.37 bits per heavy atom. The molecule has 27 heavy (non-hydrogen) atoms. The van der Waals surface area contributed by atoms with Crippen LogP contribution in [0.5, 0.6) is 0 Å². The zero-order chi connectivity index (χ0) is 20.0. The van der Waals surface area contributed by atoms with Gasteiger partial charge in [-0.3, -0.25) is 9.59 Å². The van der Waals surface area contributed by atoms with Crippen molar-refractivity contribution in [3.8, 4) is 0 Å². The topological polar surface area (TPSA) is 101 Å². The summed E-state index contributed by atoms with van der Waals surface area (Å²) in [4.78, 5) is 33.5.